The molecule has 0 spiro atoms. The maximum Gasteiger partial charge on any atom is 0.245 e. The van der Waals surface area contributed by atoms with Gasteiger partial charge in [0.15, 0.2) is 0 Å². The van der Waals surface area contributed by atoms with Gasteiger partial charge in [-0.3, -0.25) is 9.69 Å². The Kier molecular flexibility index (Phi) is 4.60. The van der Waals surface area contributed by atoms with Gasteiger partial charge in [-0.05, 0) is 41.0 Å². The Balaban J connectivity index is 2.38. The molecule has 19 heavy (non-hydrogen) atoms. The number of nitrogens with zero attached hydrogens (tertiary/aromatic N) is 2. The lowest BCUT2D eigenvalue weighted by Crippen LogP contribution is -2.48. The zero-order valence-corrected chi connectivity index (χ0v) is 12.9. The molecule has 1 aromatic rings. The fourth-order valence-corrected chi connectivity index (χ4v) is 3.11. The lowest BCUT2D eigenvalue weighted by molar-refractivity contribution is -0.122. The first-order valence-corrected chi connectivity index (χ1v) is 7.30. The number of anilines is 1. The third kappa shape index (κ3) is 2.99. The highest BCUT2D eigenvalue weighted by Gasteiger charge is 2.33. The van der Waals surface area contributed by atoms with Gasteiger partial charge in [0, 0.05) is 24.1 Å². The summed E-state index contributed by atoms with van der Waals surface area (Å²) in [5, 5.41) is 0. The summed E-state index contributed by atoms with van der Waals surface area (Å²) in [4.78, 5) is 16.6. The van der Waals surface area contributed by atoms with Crippen molar-refractivity contribution >= 4 is 27.5 Å². The number of amides is 1. The van der Waals surface area contributed by atoms with E-state index >= 15 is 0 Å². The van der Waals surface area contributed by atoms with Crippen molar-refractivity contribution in [2.75, 3.05) is 31.6 Å². The van der Waals surface area contributed by atoms with Crippen LogP contribution in [0.1, 0.15) is 6.92 Å². The van der Waals surface area contributed by atoms with Crippen molar-refractivity contribution < 1.29 is 4.79 Å². The van der Waals surface area contributed by atoms with E-state index in [2.05, 4.69) is 27.8 Å². The first kappa shape index (κ1) is 14.5. The van der Waals surface area contributed by atoms with Crippen LogP contribution in [0, 0.1) is 5.92 Å². The normalized spacial score (nSPS) is 25.5. The van der Waals surface area contributed by atoms with Crippen LogP contribution in [-0.2, 0) is 4.79 Å². The van der Waals surface area contributed by atoms with Crippen LogP contribution in [0.5, 0.6) is 0 Å². The summed E-state index contributed by atoms with van der Waals surface area (Å²) in [6.45, 7) is 4.12. The number of halogens is 1. The third-order valence-corrected chi connectivity index (χ3v) is 4.21. The molecule has 1 aromatic carbocycles. The standard InChI is InChI=1S/C14H20BrN3O/c1-10-8-17(2)13(7-16)14(19)18(9-10)12-6-4-3-5-11(12)15/h3-6,10,13H,7-9,16H2,1-2H3. The number of nitrogens with two attached hydrogens (primary N) is 1. The fraction of sp³-hybridized carbons (Fsp3) is 0.500. The van der Waals surface area contributed by atoms with Gasteiger partial charge >= 0.3 is 0 Å². The Morgan fingerprint density at radius 3 is 2.68 bits per heavy atom. The molecule has 4 nitrogen and oxygen atoms in total. The Hall–Kier alpha value is -0.910. The smallest absolute Gasteiger partial charge is 0.245 e. The van der Waals surface area contributed by atoms with Crippen LogP contribution in [0.4, 0.5) is 5.69 Å². The van der Waals surface area contributed by atoms with Gasteiger partial charge in [0.25, 0.3) is 0 Å². The molecule has 0 bridgehead atoms. The van der Waals surface area contributed by atoms with Crippen LogP contribution >= 0.6 is 15.9 Å². The lowest BCUT2D eigenvalue weighted by atomic mass is 10.1. The molecule has 1 fully saturated rings. The highest BCUT2D eigenvalue weighted by molar-refractivity contribution is 9.10. The number of benzene rings is 1. The molecule has 5 heteroatoms. The van der Waals surface area contributed by atoms with Crippen LogP contribution in [0.3, 0.4) is 0 Å². The van der Waals surface area contributed by atoms with E-state index in [0.717, 1.165) is 23.2 Å². The van der Waals surface area contributed by atoms with Crippen LogP contribution < -0.4 is 10.6 Å². The van der Waals surface area contributed by atoms with Gasteiger partial charge in [-0.25, -0.2) is 0 Å². The van der Waals surface area contributed by atoms with Crippen molar-refractivity contribution in [3.8, 4) is 0 Å². The van der Waals surface area contributed by atoms with Gasteiger partial charge in [0.05, 0.1) is 5.69 Å². The molecule has 2 rings (SSSR count). The molecule has 1 heterocycles. The van der Waals surface area contributed by atoms with E-state index in [-0.39, 0.29) is 11.9 Å². The predicted octanol–water partition coefficient (Wildman–Crippen LogP) is 1.69. The molecular weight excluding hydrogens is 306 g/mol. The zero-order chi connectivity index (χ0) is 14.0. The van der Waals surface area contributed by atoms with E-state index in [0.29, 0.717) is 12.5 Å². The van der Waals surface area contributed by atoms with Crippen molar-refractivity contribution in [3.05, 3.63) is 28.7 Å². The molecule has 2 N–H and O–H groups in total. The van der Waals surface area contributed by atoms with Crippen LogP contribution in [0.25, 0.3) is 0 Å². The second-order valence-corrected chi connectivity index (χ2v) is 6.05. The summed E-state index contributed by atoms with van der Waals surface area (Å²) in [6.07, 6.45) is 0. The average Bonchev–Trinajstić information content (AvgIpc) is 2.47. The monoisotopic (exact) mass is 325 g/mol. The summed E-state index contributed by atoms with van der Waals surface area (Å²) in [5.41, 5.74) is 6.70. The van der Waals surface area contributed by atoms with E-state index in [1.54, 1.807) is 0 Å². The van der Waals surface area contributed by atoms with Crippen LogP contribution in [-0.4, -0.2) is 43.5 Å². The van der Waals surface area contributed by atoms with E-state index in [4.69, 9.17) is 5.73 Å². The van der Waals surface area contributed by atoms with Crippen molar-refractivity contribution in [1.82, 2.24) is 4.90 Å². The Morgan fingerprint density at radius 1 is 1.37 bits per heavy atom. The highest BCUT2D eigenvalue weighted by Crippen LogP contribution is 2.28. The minimum atomic E-state index is -0.239. The zero-order valence-electron chi connectivity index (χ0n) is 11.3. The number of para-hydroxylation sites is 1. The van der Waals surface area contributed by atoms with Gasteiger partial charge in [-0.15, -0.1) is 0 Å². The summed E-state index contributed by atoms with van der Waals surface area (Å²) in [6, 6.07) is 7.58. The highest BCUT2D eigenvalue weighted by atomic mass is 79.9. The van der Waals surface area contributed by atoms with Gasteiger partial charge in [-0.2, -0.15) is 0 Å². The number of carbonyl (C=O) groups is 1. The van der Waals surface area contributed by atoms with E-state index < -0.39 is 0 Å². The molecule has 0 aromatic heterocycles. The number of likely N-dealkylation sites (N-methyl/N-ethyl adjacent to an activating group) is 1. The number of carbonyl (C=O) groups excluding carboxylic acids is 1. The van der Waals surface area contributed by atoms with Crippen molar-refractivity contribution in [1.29, 1.82) is 0 Å². The number of rotatable bonds is 2. The van der Waals surface area contributed by atoms with Gasteiger partial charge in [0.1, 0.15) is 6.04 Å². The SMILES string of the molecule is CC1CN(c2ccccc2Br)C(=O)C(CN)N(C)C1. The van der Waals surface area contributed by atoms with Crippen molar-refractivity contribution in [3.63, 3.8) is 0 Å². The van der Waals surface area contributed by atoms with E-state index in [1.807, 2.05) is 36.2 Å². The lowest BCUT2D eigenvalue weighted by Gasteiger charge is -2.27. The summed E-state index contributed by atoms with van der Waals surface area (Å²) in [7, 11) is 1.97. The van der Waals surface area contributed by atoms with Gasteiger partial charge < -0.3 is 10.6 Å². The minimum Gasteiger partial charge on any atom is -0.328 e. The summed E-state index contributed by atoms with van der Waals surface area (Å²) >= 11 is 3.52. The molecule has 1 aliphatic heterocycles. The molecule has 0 radical (unpaired) electrons. The molecule has 1 saturated heterocycles. The maximum absolute atomic E-state index is 12.7. The maximum atomic E-state index is 12.7. The summed E-state index contributed by atoms with van der Waals surface area (Å²) < 4.78 is 0.941. The van der Waals surface area contributed by atoms with Crippen LogP contribution in [0.2, 0.25) is 0 Å². The quantitative estimate of drug-likeness (QED) is 0.900. The second-order valence-electron chi connectivity index (χ2n) is 5.20. The minimum absolute atomic E-state index is 0.0845. The fourth-order valence-electron chi connectivity index (χ4n) is 2.62. The molecule has 1 aliphatic rings. The molecule has 2 atom stereocenters. The predicted molar refractivity (Wildman–Crippen MR) is 81.1 cm³/mol. The second kappa shape index (κ2) is 6.03. The topological polar surface area (TPSA) is 49.6 Å². The van der Waals surface area contributed by atoms with Crippen LogP contribution in [0.15, 0.2) is 28.7 Å². The third-order valence-electron chi connectivity index (χ3n) is 3.54. The first-order valence-electron chi connectivity index (χ1n) is 6.50. The number of hydrogen-bond donors (Lipinski definition) is 1. The van der Waals surface area contributed by atoms with Crippen molar-refractivity contribution in [2.24, 2.45) is 11.7 Å². The van der Waals surface area contributed by atoms with Gasteiger partial charge in [-0.1, -0.05) is 19.1 Å². The molecule has 1 amide bonds. The Labute approximate surface area is 122 Å². The molecule has 0 saturated carbocycles. The summed E-state index contributed by atoms with van der Waals surface area (Å²) in [5.74, 6) is 0.499. The molecule has 104 valence electrons. The van der Waals surface area contributed by atoms with Crippen molar-refractivity contribution in [2.45, 2.75) is 13.0 Å². The Morgan fingerprint density at radius 2 is 2.05 bits per heavy atom. The molecule has 2 unspecified atom stereocenters. The molecular formula is C14H20BrN3O. The Bertz CT molecular complexity index is 466. The average molecular weight is 326 g/mol. The van der Waals surface area contributed by atoms with Gasteiger partial charge in [0.2, 0.25) is 5.91 Å². The largest absolute Gasteiger partial charge is 0.328 e. The number of hydrogen-bond acceptors (Lipinski definition) is 3. The molecule has 0 aliphatic carbocycles. The van der Waals surface area contributed by atoms with E-state index in [1.165, 1.54) is 0 Å². The first-order chi connectivity index (χ1) is 9.04. The van der Waals surface area contributed by atoms with E-state index in [9.17, 15) is 4.79 Å².